The zero-order valence-corrected chi connectivity index (χ0v) is 11.8. The lowest BCUT2D eigenvalue weighted by Crippen LogP contribution is -2.20. The maximum atomic E-state index is 11.0. The molecular formula is C14H19ClN2O2. The first-order valence-corrected chi connectivity index (χ1v) is 7.07. The van der Waals surface area contributed by atoms with Gasteiger partial charge in [-0.25, -0.2) is 9.78 Å². The van der Waals surface area contributed by atoms with Crippen LogP contribution >= 0.6 is 11.6 Å². The summed E-state index contributed by atoms with van der Waals surface area (Å²) in [5, 5.41) is 12.4. The number of aromatic nitrogens is 1. The van der Waals surface area contributed by atoms with Gasteiger partial charge in [-0.2, -0.15) is 0 Å². The minimum absolute atomic E-state index is 0.0939. The van der Waals surface area contributed by atoms with E-state index in [0.717, 1.165) is 12.5 Å². The van der Waals surface area contributed by atoms with Crippen LogP contribution in [0.4, 0.5) is 5.82 Å². The Morgan fingerprint density at radius 3 is 2.79 bits per heavy atom. The molecule has 1 aromatic heterocycles. The molecule has 0 aliphatic heterocycles. The van der Waals surface area contributed by atoms with Gasteiger partial charge in [0.15, 0.2) is 0 Å². The van der Waals surface area contributed by atoms with E-state index in [2.05, 4.69) is 17.2 Å². The Balaban J connectivity index is 1.96. The summed E-state index contributed by atoms with van der Waals surface area (Å²) in [6.45, 7) is 3.10. The summed E-state index contributed by atoms with van der Waals surface area (Å²) < 4.78 is 0. The molecule has 1 aliphatic rings. The summed E-state index contributed by atoms with van der Waals surface area (Å²) in [5.74, 6) is 0.901. The summed E-state index contributed by atoms with van der Waals surface area (Å²) >= 11 is 6.04. The standard InChI is InChI=1S/C14H19ClN2O2/c1-9-2-4-10(5-3-9)8-17-13-12(15)11(14(18)19)6-7-16-13/h6-7,9-10H,2-5,8H2,1H3,(H,16,17)(H,18,19). The minimum atomic E-state index is -1.03. The van der Waals surface area contributed by atoms with Crippen LogP contribution < -0.4 is 5.32 Å². The molecule has 2 N–H and O–H groups in total. The van der Waals surface area contributed by atoms with Crippen LogP contribution in [0.5, 0.6) is 0 Å². The van der Waals surface area contributed by atoms with Gasteiger partial charge in [-0.15, -0.1) is 0 Å². The molecule has 1 heterocycles. The number of nitrogens with zero attached hydrogens (tertiary/aromatic N) is 1. The fourth-order valence-electron chi connectivity index (χ4n) is 2.51. The molecule has 0 radical (unpaired) electrons. The van der Waals surface area contributed by atoms with Crippen LogP contribution in [0.2, 0.25) is 5.02 Å². The molecule has 1 aromatic rings. The van der Waals surface area contributed by atoms with Gasteiger partial charge in [-0.1, -0.05) is 31.4 Å². The highest BCUT2D eigenvalue weighted by molar-refractivity contribution is 6.35. The van der Waals surface area contributed by atoms with E-state index in [-0.39, 0.29) is 10.6 Å². The third kappa shape index (κ3) is 3.60. The third-order valence-corrected chi connectivity index (χ3v) is 4.20. The molecule has 0 spiro atoms. The Hall–Kier alpha value is -1.29. The Bertz CT molecular complexity index is 457. The Kier molecular flexibility index (Phi) is 4.64. The summed E-state index contributed by atoms with van der Waals surface area (Å²) in [6.07, 6.45) is 6.43. The lowest BCUT2D eigenvalue weighted by Gasteiger charge is -2.26. The lowest BCUT2D eigenvalue weighted by atomic mass is 9.83. The quantitative estimate of drug-likeness (QED) is 0.884. The molecule has 1 aliphatic carbocycles. The molecule has 4 nitrogen and oxygen atoms in total. The average molecular weight is 283 g/mol. The van der Waals surface area contributed by atoms with Gasteiger partial charge in [0.1, 0.15) is 5.82 Å². The number of pyridine rings is 1. The van der Waals surface area contributed by atoms with Crippen molar-refractivity contribution in [1.29, 1.82) is 0 Å². The van der Waals surface area contributed by atoms with Crippen molar-refractivity contribution in [3.8, 4) is 0 Å². The number of carboxylic acid groups (broad SMARTS) is 1. The molecule has 0 unspecified atom stereocenters. The van der Waals surface area contributed by atoms with Crippen molar-refractivity contribution < 1.29 is 9.90 Å². The second-order valence-corrected chi connectivity index (χ2v) is 5.71. The molecule has 0 amide bonds. The Morgan fingerprint density at radius 2 is 2.16 bits per heavy atom. The highest BCUT2D eigenvalue weighted by Crippen LogP contribution is 2.29. The van der Waals surface area contributed by atoms with Gasteiger partial charge < -0.3 is 10.4 Å². The highest BCUT2D eigenvalue weighted by Gasteiger charge is 2.19. The van der Waals surface area contributed by atoms with Crippen LogP contribution in [-0.2, 0) is 0 Å². The normalized spacial score (nSPS) is 23.1. The maximum Gasteiger partial charge on any atom is 0.337 e. The SMILES string of the molecule is CC1CCC(CNc2nccc(C(=O)O)c2Cl)CC1. The first-order valence-electron chi connectivity index (χ1n) is 6.69. The number of aromatic carboxylic acids is 1. The van der Waals surface area contributed by atoms with Crippen LogP contribution in [0.15, 0.2) is 12.3 Å². The zero-order chi connectivity index (χ0) is 13.8. The van der Waals surface area contributed by atoms with Crippen molar-refractivity contribution in [3.05, 3.63) is 22.8 Å². The molecule has 0 bridgehead atoms. The van der Waals surface area contributed by atoms with Crippen molar-refractivity contribution in [2.45, 2.75) is 32.6 Å². The number of hydrogen-bond acceptors (Lipinski definition) is 3. The summed E-state index contributed by atoms with van der Waals surface area (Å²) in [7, 11) is 0. The van der Waals surface area contributed by atoms with E-state index in [0.29, 0.717) is 11.7 Å². The van der Waals surface area contributed by atoms with Gasteiger partial charge >= 0.3 is 5.97 Å². The first kappa shape index (κ1) is 14.1. The summed E-state index contributed by atoms with van der Waals surface area (Å²) in [5.41, 5.74) is 0.0939. The van der Waals surface area contributed by atoms with Crippen molar-refractivity contribution in [2.24, 2.45) is 11.8 Å². The van der Waals surface area contributed by atoms with Crippen molar-refractivity contribution in [1.82, 2.24) is 4.98 Å². The number of nitrogens with one attached hydrogen (secondary N) is 1. The summed E-state index contributed by atoms with van der Waals surface area (Å²) in [4.78, 5) is 15.1. The topological polar surface area (TPSA) is 62.2 Å². The highest BCUT2D eigenvalue weighted by atomic mass is 35.5. The molecule has 0 saturated heterocycles. The largest absolute Gasteiger partial charge is 0.478 e. The predicted molar refractivity (Wildman–Crippen MR) is 75.8 cm³/mol. The van der Waals surface area contributed by atoms with Crippen molar-refractivity contribution in [2.75, 3.05) is 11.9 Å². The molecule has 1 fully saturated rings. The number of rotatable bonds is 4. The lowest BCUT2D eigenvalue weighted by molar-refractivity contribution is 0.0697. The van der Waals surface area contributed by atoms with Crippen LogP contribution in [0, 0.1) is 11.8 Å². The molecule has 0 aromatic carbocycles. The zero-order valence-electron chi connectivity index (χ0n) is 11.0. The van der Waals surface area contributed by atoms with E-state index in [1.54, 1.807) is 0 Å². The fourth-order valence-corrected chi connectivity index (χ4v) is 2.77. The minimum Gasteiger partial charge on any atom is -0.478 e. The van der Waals surface area contributed by atoms with E-state index < -0.39 is 5.97 Å². The van der Waals surface area contributed by atoms with Gasteiger partial charge in [0.2, 0.25) is 0 Å². The van der Waals surface area contributed by atoms with E-state index in [9.17, 15) is 4.79 Å². The van der Waals surface area contributed by atoms with E-state index >= 15 is 0 Å². The van der Waals surface area contributed by atoms with E-state index in [1.807, 2.05) is 0 Å². The second kappa shape index (κ2) is 6.24. The smallest absolute Gasteiger partial charge is 0.337 e. The molecular weight excluding hydrogens is 264 g/mol. The van der Waals surface area contributed by atoms with E-state index in [1.165, 1.54) is 37.9 Å². The molecule has 0 atom stereocenters. The number of halogens is 1. The average Bonchev–Trinajstić information content (AvgIpc) is 2.39. The van der Waals surface area contributed by atoms with Crippen molar-refractivity contribution >= 4 is 23.4 Å². The van der Waals surface area contributed by atoms with Crippen LogP contribution in [0.1, 0.15) is 43.0 Å². The van der Waals surface area contributed by atoms with E-state index in [4.69, 9.17) is 16.7 Å². The number of carboxylic acids is 1. The van der Waals surface area contributed by atoms with Gasteiger partial charge in [-0.05, 0) is 30.7 Å². The molecule has 5 heteroatoms. The fraction of sp³-hybridized carbons (Fsp3) is 0.571. The number of anilines is 1. The van der Waals surface area contributed by atoms with Gasteiger partial charge in [0.25, 0.3) is 0 Å². The molecule has 2 rings (SSSR count). The van der Waals surface area contributed by atoms with Crippen LogP contribution in [-0.4, -0.2) is 22.6 Å². The van der Waals surface area contributed by atoms with Crippen molar-refractivity contribution in [3.63, 3.8) is 0 Å². The van der Waals surface area contributed by atoms with Gasteiger partial charge in [0.05, 0.1) is 10.6 Å². The molecule has 1 saturated carbocycles. The number of carbonyl (C=O) groups is 1. The first-order chi connectivity index (χ1) is 9.08. The van der Waals surface area contributed by atoms with Gasteiger partial charge in [-0.3, -0.25) is 0 Å². The predicted octanol–water partition coefficient (Wildman–Crippen LogP) is 3.67. The third-order valence-electron chi connectivity index (χ3n) is 3.81. The molecule has 19 heavy (non-hydrogen) atoms. The second-order valence-electron chi connectivity index (χ2n) is 5.33. The number of hydrogen-bond donors (Lipinski definition) is 2. The molecule has 104 valence electrons. The Morgan fingerprint density at radius 1 is 1.47 bits per heavy atom. The monoisotopic (exact) mass is 282 g/mol. The Labute approximate surface area is 118 Å². The van der Waals surface area contributed by atoms with Gasteiger partial charge in [0, 0.05) is 12.7 Å². The maximum absolute atomic E-state index is 11.0. The van der Waals surface area contributed by atoms with Crippen LogP contribution in [0.25, 0.3) is 0 Å². The summed E-state index contributed by atoms with van der Waals surface area (Å²) in [6, 6.07) is 1.41. The van der Waals surface area contributed by atoms with Crippen LogP contribution in [0.3, 0.4) is 0 Å².